The highest BCUT2D eigenvalue weighted by molar-refractivity contribution is 6.16. The molecule has 0 amide bonds. The van der Waals surface area contributed by atoms with Gasteiger partial charge in [-0.05, 0) is 18.8 Å². The normalized spacial score (nSPS) is 25.6. The molecule has 1 aliphatic carbocycles. The molecule has 0 aliphatic heterocycles. The summed E-state index contributed by atoms with van der Waals surface area (Å²) in [6, 6.07) is 1.47. The van der Waals surface area contributed by atoms with Crippen LogP contribution in [0.25, 0.3) is 0 Å². The minimum atomic E-state index is -0.0840. The molecule has 1 saturated carbocycles. The largest absolute Gasteiger partial charge is 0.310 e. The second-order valence-corrected chi connectivity index (χ2v) is 4.98. The van der Waals surface area contributed by atoms with Crippen molar-refractivity contribution in [2.75, 3.05) is 0 Å². The number of aromatic nitrogens is 2. The molecule has 0 aromatic carbocycles. The van der Waals surface area contributed by atoms with Crippen molar-refractivity contribution < 1.29 is 0 Å². The zero-order valence-electron chi connectivity index (χ0n) is 9.50. The fraction of sp³-hybridized carbons (Fsp3) is 0.667. The van der Waals surface area contributed by atoms with Gasteiger partial charge in [0.25, 0.3) is 5.56 Å². The molecule has 0 bridgehead atoms. The van der Waals surface area contributed by atoms with Crippen molar-refractivity contribution in [2.24, 2.45) is 5.92 Å². The second kappa shape index (κ2) is 5.00. The second-order valence-electron chi connectivity index (χ2n) is 4.71. The maximum absolute atomic E-state index is 11.4. The Hall–Kier alpha value is -0.830. The smallest absolute Gasteiger partial charge is 0.251 e. The van der Waals surface area contributed by atoms with Crippen molar-refractivity contribution in [3.63, 3.8) is 0 Å². The quantitative estimate of drug-likeness (QED) is 0.808. The van der Waals surface area contributed by atoms with Gasteiger partial charge >= 0.3 is 0 Å². The molecule has 1 aromatic heterocycles. The van der Waals surface area contributed by atoms with Crippen LogP contribution in [0.5, 0.6) is 0 Å². The molecule has 1 heterocycles. The number of rotatable bonds is 2. The predicted octanol–water partition coefficient (Wildman–Crippen LogP) is 2.80. The highest BCUT2D eigenvalue weighted by Crippen LogP contribution is 2.33. The van der Waals surface area contributed by atoms with E-state index < -0.39 is 0 Å². The molecule has 0 unspecified atom stereocenters. The molecule has 1 fully saturated rings. The number of halogens is 1. The minimum Gasteiger partial charge on any atom is -0.310 e. The van der Waals surface area contributed by atoms with Crippen LogP contribution in [0.2, 0.25) is 0 Å². The summed E-state index contributed by atoms with van der Waals surface area (Å²) in [4.78, 5) is 18.7. The van der Waals surface area contributed by atoms with E-state index >= 15 is 0 Å². The topological polar surface area (TPSA) is 45.8 Å². The Morgan fingerprint density at radius 1 is 1.44 bits per heavy atom. The molecule has 3 nitrogen and oxygen atoms in total. The molecule has 1 aromatic rings. The van der Waals surface area contributed by atoms with Gasteiger partial charge in [-0.1, -0.05) is 19.8 Å². The molecule has 1 N–H and O–H groups in total. The van der Waals surface area contributed by atoms with Crippen LogP contribution in [0.1, 0.15) is 50.0 Å². The van der Waals surface area contributed by atoms with Gasteiger partial charge in [0.05, 0.1) is 11.6 Å². The van der Waals surface area contributed by atoms with Crippen LogP contribution in [-0.4, -0.2) is 9.97 Å². The number of alkyl halides is 1. The molecular weight excluding hydrogens is 224 g/mol. The van der Waals surface area contributed by atoms with Crippen molar-refractivity contribution in [1.82, 2.24) is 9.97 Å². The lowest BCUT2D eigenvalue weighted by Crippen LogP contribution is -2.19. The third-order valence-electron chi connectivity index (χ3n) is 3.35. The zero-order valence-corrected chi connectivity index (χ0v) is 10.3. The molecule has 88 valence electrons. The number of nitrogens with one attached hydrogen (secondary N) is 1. The third kappa shape index (κ3) is 2.64. The van der Waals surface area contributed by atoms with E-state index in [1.807, 2.05) is 0 Å². The number of aromatic amines is 1. The van der Waals surface area contributed by atoms with E-state index in [1.54, 1.807) is 0 Å². The maximum Gasteiger partial charge on any atom is 0.251 e. The van der Waals surface area contributed by atoms with E-state index in [0.717, 1.165) is 24.6 Å². The Balaban J connectivity index is 2.20. The van der Waals surface area contributed by atoms with Gasteiger partial charge in [0.1, 0.15) is 5.82 Å². The van der Waals surface area contributed by atoms with Crippen LogP contribution in [0.15, 0.2) is 10.9 Å². The van der Waals surface area contributed by atoms with Gasteiger partial charge in [-0.2, -0.15) is 0 Å². The van der Waals surface area contributed by atoms with Gasteiger partial charge in [0, 0.05) is 12.0 Å². The van der Waals surface area contributed by atoms with E-state index in [4.69, 9.17) is 11.6 Å². The van der Waals surface area contributed by atoms with Crippen LogP contribution < -0.4 is 5.56 Å². The Labute approximate surface area is 100 Å². The van der Waals surface area contributed by atoms with E-state index in [1.165, 1.54) is 18.9 Å². The lowest BCUT2D eigenvalue weighted by molar-refractivity contribution is 0.339. The number of H-pyrrole nitrogens is 1. The maximum atomic E-state index is 11.4. The van der Waals surface area contributed by atoms with E-state index in [9.17, 15) is 4.79 Å². The van der Waals surface area contributed by atoms with Crippen molar-refractivity contribution in [3.05, 3.63) is 27.9 Å². The molecule has 0 saturated heterocycles. The first kappa shape index (κ1) is 11.6. The lowest BCUT2D eigenvalue weighted by Gasteiger charge is -2.25. The minimum absolute atomic E-state index is 0.0840. The van der Waals surface area contributed by atoms with Gasteiger partial charge in [-0.3, -0.25) is 4.79 Å². The van der Waals surface area contributed by atoms with Gasteiger partial charge in [-0.15, -0.1) is 11.6 Å². The molecule has 1 aliphatic rings. The first-order chi connectivity index (χ1) is 7.69. The summed E-state index contributed by atoms with van der Waals surface area (Å²) in [5.41, 5.74) is 0.596. The van der Waals surface area contributed by atoms with Crippen LogP contribution >= 0.6 is 11.6 Å². The molecule has 0 radical (unpaired) electrons. The van der Waals surface area contributed by atoms with Gasteiger partial charge in [0.2, 0.25) is 0 Å². The average Bonchev–Trinajstić information content (AvgIpc) is 2.29. The Bertz CT molecular complexity index is 408. The van der Waals surface area contributed by atoms with E-state index in [2.05, 4.69) is 16.9 Å². The Kier molecular flexibility index (Phi) is 3.64. The number of nitrogens with zero attached hydrogens (tertiary/aromatic N) is 1. The Morgan fingerprint density at radius 3 is 2.75 bits per heavy atom. The SMILES string of the molecule is CC1CCC(c2nc(CCl)cc(=O)[nH]2)CC1. The molecule has 16 heavy (non-hydrogen) atoms. The number of hydrogen-bond donors (Lipinski definition) is 1. The summed E-state index contributed by atoms with van der Waals surface area (Å²) in [5.74, 6) is 2.35. The van der Waals surface area contributed by atoms with E-state index in [-0.39, 0.29) is 5.56 Å². The van der Waals surface area contributed by atoms with Crippen molar-refractivity contribution in [2.45, 2.75) is 44.4 Å². The summed E-state index contributed by atoms with van der Waals surface area (Å²) in [5, 5.41) is 0. The monoisotopic (exact) mass is 240 g/mol. The molecular formula is C12H17ClN2O. The third-order valence-corrected chi connectivity index (χ3v) is 3.63. The van der Waals surface area contributed by atoms with Crippen molar-refractivity contribution >= 4 is 11.6 Å². The zero-order chi connectivity index (χ0) is 11.5. The Morgan fingerprint density at radius 2 is 2.12 bits per heavy atom. The summed E-state index contributed by atoms with van der Waals surface area (Å²) < 4.78 is 0. The fourth-order valence-corrected chi connectivity index (χ4v) is 2.46. The summed E-state index contributed by atoms with van der Waals surface area (Å²) in [6.07, 6.45) is 4.69. The molecule has 0 atom stereocenters. The predicted molar refractivity (Wildman–Crippen MR) is 64.8 cm³/mol. The standard InChI is InChI=1S/C12H17ClN2O/c1-8-2-4-9(5-3-8)12-14-10(7-13)6-11(16)15-12/h6,8-9H,2-5,7H2,1H3,(H,14,15,16). The summed E-state index contributed by atoms with van der Waals surface area (Å²) in [7, 11) is 0. The highest BCUT2D eigenvalue weighted by atomic mass is 35.5. The molecule has 4 heteroatoms. The van der Waals surface area contributed by atoms with Crippen molar-refractivity contribution in [3.8, 4) is 0 Å². The average molecular weight is 241 g/mol. The molecule has 2 rings (SSSR count). The van der Waals surface area contributed by atoms with Crippen molar-refractivity contribution in [1.29, 1.82) is 0 Å². The van der Waals surface area contributed by atoms with Gasteiger partial charge < -0.3 is 4.98 Å². The summed E-state index contributed by atoms with van der Waals surface area (Å²) in [6.45, 7) is 2.28. The number of hydrogen-bond acceptors (Lipinski definition) is 2. The first-order valence-corrected chi connectivity index (χ1v) is 6.38. The van der Waals surface area contributed by atoms with Crippen LogP contribution in [-0.2, 0) is 5.88 Å². The molecule has 0 spiro atoms. The fourth-order valence-electron chi connectivity index (χ4n) is 2.32. The summed E-state index contributed by atoms with van der Waals surface area (Å²) >= 11 is 5.72. The first-order valence-electron chi connectivity index (χ1n) is 5.85. The van der Waals surface area contributed by atoms with Crippen LogP contribution in [0, 0.1) is 5.92 Å². The van der Waals surface area contributed by atoms with Crippen LogP contribution in [0.3, 0.4) is 0 Å². The lowest BCUT2D eigenvalue weighted by atomic mass is 9.82. The highest BCUT2D eigenvalue weighted by Gasteiger charge is 2.21. The van der Waals surface area contributed by atoms with Gasteiger partial charge in [-0.25, -0.2) is 4.98 Å². The van der Waals surface area contributed by atoms with Crippen LogP contribution in [0.4, 0.5) is 0 Å². The van der Waals surface area contributed by atoms with Gasteiger partial charge in [0.15, 0.2) is 0 Å². The van der Waals surface area contributed by atoms with E-state index in [0.29, 0.717) is 17.5 Å².